The van der Waals surface area contributed by atoms with Crippen molar-refractivity contribution in [2.75, 3.05) is 19.0 Å². The molecule has 0 atom stereocenters. The van der Waals surface area contributed by atoms with Crippen LogP contribution in [0.4, 0.5) is 10.5 Å². The summed E-state index contributed by atoms with van der Waals surface area (Å²) < 4.78 is 5.15. The van der Waals surface area contributed by atoms with Crippen LogP contribution in [0.2, 0.25) is 5.02 Å². The van der Waals surface area contributed by atoms with E-state index in [4.69, 9.17) is 21.4 Å². The van der Waals surface area contributed by atoms with Gasteiger partial charge in [-0.05, 0) is 32.0 Å². The minimum atomic E-state index is -0.950. The van der Waals surface area contributed by atoms with Crippen LogP contribution in [0.25, 0.3) is 0 Å². The number of aliphatic carboxylic acids is 1. The van der Waals surface area contributed by atoms with Gasteiger partial charge in [-0.2, -0.15) is 0 Å². The topological polar surface area (TPSA) is 78.9 Å². The van der Waals surface area contributed by atoms with E-state index in [2.05, 4.69) is 5.32 Å². The third-order valence-corrected chi connectivity index (χ3v) is 3.09. The summed E-state index contributed by atoms with van der Waals surface area (Å²) in [6.45, 7) is 3.76. The van der Waals surface area contributed by atoms with Crippen LogP contribution < -0.4 is 10.1 Å². The summed E-state index contributed by atoms with van der Waals surface area (Å²) in [6, 6.07) is 4.35. The van der Waals surface area contributed by atoms with Gasteiger partial charge in [0, 0.05) is 17.6 Å². The second-order valence-corrected chi connectivity index (χ2v) is 5.14. The fourth-order valence-electron chi connectivity index (χ4n) is 1.78. The predicted molar refractivity (Wildman–Crippen MR) is 81.1 cm³/mol. The molecule has 0 aliphatic carbocycles. The van der Waals surface area contributed by atoms with E-state index >= 15 is 0 Å². The Balaban J connectivity index is 2.86. The van der Waals surface area contributed by atoms with Crippen LogP contribution in [0.3, 0.4) is 0 Å². The molecule has 0 spiro atoms. The van der Waals surface area contributed by atoms with Crippen molar-refractivity contribution >= 4 is 29.3 Å². The number of nitrogens with one attached hydrogen (secondary N) is 1. The van der Waals surface area contributed by atoms with Gasteiger partial charge in [-0.25, -0.2) is 4.79 Å². The van der Waals surface area contributed by atoms with E-state index in [1.807, 2.05) is 13.8 Å². The first-order chi connectivity index (χ1) is 9.85. The third kappa shape index (κ3) is 5.15. The first-order valence-electron chi connectivity index (χ1n) is 6.48. The Labute approximate surface area is 128 Å². The zero-order valence-corrected chi connectivity index (χ0v) is 13.0. The van der Waals surface area contributed by atoms with E-state index in [9.17, 15) is 9.59 Å². The number of carboxylic acid groups (broad SMARTS) is 1. The lowest BCUT2D eigenvalue weighted by Gasteiger charge is -2.26. The fraction of sp³-hybridized carbons (Fsp3) is 0.429. The number of halogens is 1. The van der Waals surface area contributed by atoms with Gasteiger partial charge in [-0.15, -0.1) is 0 Å². The average Bonchev–Trinajstić information content (AvgIpc) is 2.38. The maximum Gasteiger partial charge on any atom is 0.322 e. The lowest BCUT2D eigenvalue weighted by Crippen LogP contribution is -2.41. The van der Waals surface area contributed by atoms with Crippen molar-refractivity contribution in [3.63, 3.8) is 0 Å². The summed E-state index contributed by atoms with van der Waals surface area (Å²) in [4.78, 5) is 24.4. The predicted octanol–water partition coefficient (Wildman–Crippen LogP) is 3.07. The summed E-state index contributed by atoms with van der Waals surface area (Å²) in [5.74, 6) is -0.469. The van der Waals surface area contributed by atoms with Crippen molar-refractivity contribution in [1.82, 2.24) is 4.90 Å². The van der Waals surface area contributed by atoms with Gasteiger partial charge in [0.1, 0.15) is 5.75 Å². The molecule has 1 aromatic rings. The minimum absolute atomic E-state index is 0.113. The minimum Gasteiger partial charge on any atom is -0.495 e. The Morgan fingerprint density at radius 1 is 1.43 bits per heavy atom. The van der Waals surface area contributed by atoms with Crippen LogP contribution in [-0.4, -0.2) is 41.7 Å². The highest BCUT2D eigenvalue weighted by molar-refractivity contribution is 6.31. The molecular weight excluding hydrogens is 296 g/mol. The molecule has 6 nitrogen and oxygen atoms in total. The van der Waals surface area contributed by atoms with E-state index < -0.39 is 12.0 Å². The molecule has 0 saturated heterocycles. The summed E-state index contributed by atoms with van der Waals surface area (Å²) in [5.41, 5.74) is 0.441. The number of nitrogens with zero attached hydrogens (tertiary/aromatic N) is 1. The van der Waals surface area contributed by atoms with Gasteiger partial charge < -0.3 is 20.1 Å². The molecule has 2 N–H and O–H groups in total. The molecule has 0 aliphatic rings. The molecule has 0 bridgehead atoms. The first kappa shape index (κ1) is 17.1. The number of ether oxygens (including phenoxy) is 1. The molecule has 0 unspecified atom stereocenters. The first-order valence-corrected chi connectivity index (χ1v) is 6.86. The molecule has 0 saturated carbocycles. The SMILES string of the molecule is COc1ccc(Cl)cc1NC(=O)N(CCC(=O)O)C(C)C. The van der Waals surface area contributed by atoms with Crippen molar-refractivity contribution in [3.05, 3.63) is 23.2 Å². The standard InChI is InChI=1S/C14H19ClN2O4/c1-9(2)17(7-6-13(18)19)14(20)16-11-8-10(15)4-5-12(11)21-3/h4-5,8-9H,6-7H2,1-3H3,(H,16,20)(H,18,19). The van der Waals surface area contributed by atoms with E-state index in [-0.39, 0.29) is 19.0 Å². The number of methoxy groups -OCH3 is 1. The summed E-state index contributed by atoms with van der Waals surface area (Å²) in [6.07, 6.45) is -0.113. The molecule has 0 aromatic heterocycles. The quantitative estimate of drug-likeness (QED) is 0.845. The molecule has 116 valence electrons. The van der Waals surface area contributed by atoms with Gasteiger partial charge in [0.15, 0.2) is 0 Å². The molecule has 0 heterocycles. The number of amides is 2. The molecule has 1 aromatic carbocycles. The zero-order valence-electron chi connectivity index (χ0n) is 12.2. The average molecular weight is 315 g/mol. The number of carbonyl (C=O) groups is 2. The summed E-state index contributed by atoms with van der Waals surface area (Å²) in [7, 11) is 1.49. The van der Waals surface area contributed by atoms with Crippen LogP contribution >= 0.6 is 11.6 Å². The van der Waals surface area contributed by atoms with Crippen LogP contribution in [0, 0.1) is 0 Å². The Hall–Kier alpha value is -1.95. The molecule has 21 heavy (non-hydrogen) atoms. The molecule has 1 rings (SSSR count). The highest BCUT2D eigenvalue weighted by Crippen LogP contribution is 2.28. The number of carboxylic acids is 1. The number of benzene rings is 1. The van der Waals surface area contributed by atoms with Crippen molar-refractivity contribution in [2.24, 2.45) is 0 Å². The van der Waals surface area contributed by atoms with Gasteiger partial charge in [0.25, 0.3) is 0 Å². The molecular formula is C14H19ClN2O4. The lowest BCUT2D eigenvalue weighted by molar-refractivity contribution is -0.137. The largest absolute Gasteiger partial charge is 0.495 e. The van der Waals surface area contributed by atoms with Crippen LogP contribution in [0.1, 0.15) is 20.3 Å². The number of urea groups is 1. The number of anilines is 1. The molecule has 0 radical (unpaired) electrons. The van der Waals surface area contributed by atoms with E-state index in [0.29, 0.717) is 16.5 Å². The van der Waals surface area contributed by atoms with Crippen molar-refractivity contribution in [3.8, 4) is 5.75 Å². The Kier molecular flexibility index (Phi) is 6.30. The number of hydrogen-bond acceptors (Lipinski definition) is 3. The van der Waals surface area contributed by atoms with Gasteiger partial charge in [0.05, 0.1) is 19.2 Å². The van der Waals surface area contributed by atoms with Crippen molar-refractivity contribution in [2.45, 2.75) is 26.3 Å². The Bertz CT molecular complexity index is 520. The third-order valence-electron chi connectivity index (χ3n) is 2.85. The lowest BCUT2D eigenvalue weighted by atomic mass is 10.2. The van der Waals surface area contributed by atoms with Gasteiger partial charge in [-0.3, -0.25) is 4.79 Å². The molecule has 0 aliphatic heterocycles. The van der Waals surface area contributed by atoms with Crippen LogP contribution in [0.15, 0.2) is 18.2 Å². The maximum atomic E-state index is 12.3. The van der Waals surface area contributed by atoms with Gasteiger partial charge in [0.2, 0.25) is 0 Å². The summed E-state index contributed by atoms with van der Waals surface area (Å²) >= 11 is 5.90. The second kappa shape index (κ2) is 7.73. The van der Waals surface area contributed by atoms with Crippen molar-refractivity contribution < 1.29 is 19.4 Å². The van der Waals surface area contributed by atoms with E-state index in [0.717, 1.165) is 0 Å². The number of hydrogen-bond donors (Lipinski definition) is 2. The molecule has 7 heteroatoms. The Morgan fingerprint density at radius 3 is 2.62 bits per heavy atom. The zero-order chi connectivity index (χ0) is 16.0. The van der Waals surface area contributed by atoms with E-state index in [1.54, 1.807) is 18.2 Å². The van der Waals surface area contributed by atoms with Crippen LogP contribution in [0.5, 0.6) is 5.75 Å². The Morgan fingerprint density at radius 2 is 2.10 bits per heavy atom. The number of rotatable bonds is 6. The maximum absolute atomic E-state index is 12.3. The number of carbonyl (C=O) groups excluding carboxylic acids is 1. The molecule has 2 amide bonds. The fourth-order valence-corrected chi connectivity index (χ4v) is 1.95. The monoisotopic (exact) mass is 314 g/mol. The normalized spacial score (nSPS) is 10.3. The highest BCUT2D eigenvalue weighted by Gasteiger charge is 2.19. The smallest absolute Gasteiger partial charge is 0.322 e. The van der Waals surface area contributed by atoms with Crippen LogP contribution in [-0.2, 0) is 4.79 Å². The van der Waals surface area contributed by atoms with Gasteiger partial charge >= 0.3 is 12.0 Å². The highest BCUT2D eigenvalue weighted by atomic mass is 35.5. The molecule has 0 fully saturated rings. The second-order valence-electron chi connectivity index (χ2n) is 4.71. The van der Waals surface area contributed by atoms with E-state index in [1.165, 1.54) is 12.0 Å². The van der Waals surface area contributed by atoms with Gasteiger partial charge in [-0.1, -0.05) is 11.6 Å². The van der Waals surface area contributed by atoms with Crippen molar-refractivity contribution in [1.29, 1.82) is 0 Å². The summed E-state index contributed by atoms with van der Waals surface area (Å²) in [5, 5.41) is 11.9.